The van der Waals surface area contributed by atoms with Crippen molar-refractivity contribution in [1.29, 1.82) is 0 Å². The molecule has 0 unspecified atom stereocenters. The third-order valence-corrected chi connectivity index (χ3v) is 2.71. The number of carboxylic acid groups (broad SMARTS) is 1. The van der Waals surface area contributed by atoms with Gasteiger partial charge in [-0.15, -0.1) is 0 Å². The van der Waals surface area contributed by atoms with Crippen molar-refractivity contribution in [2.24, 2.45) is 0 Å². The third kappa shape index (κ3) is 3.44. The summed E-state index contributed by atoms with van der Waals surface area (Å²) in [6.07, 6.45) is 3.49. The first-order chi connectivity index (χ1) is 9.68. The molecule has 1 heterocycles. The van der Waals surface area contributed by atoms with Crippen LogP contribution in [-0.2, 0) is 6.54 Å². The van der Waals surface area contributed by atoms with E-state index in [0.717, 1.165) is 0 Å². The van der Waals surface area contributed by atoms with Gasteiger partial charge in [-0.2, -0.15) is 0 Å². The second-order valence-electron chi connectivity index (χ2n) is 4.12. The highest BCUT2D eigenvalue weighted by Crippen LogP contribution is 2.17. The number of aromatic carboxylic acids is 1. The number of aromatic nitrogens is 2. The summed E-state index contributed by atoms with van der Waals surface area (Å²) in [5.74, 6) is -0.692. The Hall–Kier alpha value is -2.63. The first-order valence-corrected chi connectivity index (χ1v) is 6.14. The maximum absolute atomic E-state index is 11.4. The molecule has 2 rings (SSSR count). The first kappa shape index (κ1) is 13.8. The molecule has 20 heavy (non-hydrogen) atoms. The van der Waals surface area contributed by atoms with Gasteiger partial charge in [0.15, 0.2) is 0 Å². The van der Waals surface area contributed by atoms with Crippen LogP contribution < -0.4 is 10.3 Å². The zero-order valence-corrected chi connectivity index (χ0v) is 10.7. The molecule has 2 aromatic rings. The predicted molar refractivity (Wildman–Crippen MR) is 72.0 cm³/mol. The number of hydrogen-bond donors (Lipinski definition) is 1. The van der Waals surface area contributed by atoms with Crippen LogP contribution in [0.3, 0.4) is 0 Å². The van der Waals surface area contributed by atoms with Gasteiger partial charge in [0, 0.05) is 18.8 Å². The quantitative estimate of drug-likeness (QED) is 0.805. The molecular weight excluding hydrogens is 260 g/mol. The molecule has 0 aliphatic heterocycles. The molecule has 1 N–H and O–H groups in total. The molecule has 6 heteroatoms. The van der Waals surface area contributed by atoms with Gasteiger partial charge in [0.25, 0.3) is 5.56 Å². The molecule has 104 valence electrons. The fourth-order valence-corrected chi connectivity index (χ4v) is 1.73. The lowest BCUT2D eigenvalue weighted by molar-refractivity contribution is 0.0692. The van der Waals surface area contributed by atoms with Crippen molar-refractivity contribution in [3.05, 3.63) is 58.8 Å². The van der Waals surface area contributed by atoms with Crippen molar-refractivity contribution < 1.29 is 14.6 Å². The Bertz CT molecular complexity index is 651. The lowest BCUT2D eigenvalue weighted by Gasteiger charge is -2.09. The summed E-state index contributed by atoms with van der Waals surface area (Å²) in [6.45, 7) is 0.799. The van der Waals surface area contributed by atoms with Crippen LogP contribution in [0.4, 0.5) is 0 Å². The second-order valence-corrected chi connectivity index (χ2v) is 4.12. The zero-order chi connectivity index (χ0) is 14.4. The van der Waals surface area contributed by atoms with Gasteiger partial charge in [-0.3, -0.25) is 9.36 Å². The van der Waals surface area contributed by atoms with Crippen LogP contribution in [0, 0.1) is 0 Å². The fourth-order valence-electron chi connectivity index (χ4n) is 1.73. The molecule has 0 radical (unpaired) electrons. The first-order valence-electron chi connectivity index (χ1n) is 6.14. The van der Waals surface area contributed by atoms with Crippen molar-refractivity contribution in [2.45, 2.75) is 13.0 Å². The molecule has 1 aromatic carbocycles. The Morgan fingerprint density at radius 2 is 2.10 bits per heavy atom. The van der Waals surface area contributed by atoms with Crippen molar-refractivity contribution >= 4 is 5.97 Å². The monoisotopic (exact) mass is 274 g/mol. The van der Waals surface area contributed by atoms with Crippen LogP contribution in [0.2, 0.25) is 0 Å². The van der Waals surface area contributed by atoms with Crippen molar-refractivity contribution in [2.75, 3.05) is 6.61 Å². The Morgan fingerprint density at radius 3 is 2.85 bits per heavy atom. The molecule has 1 aromatic heterocycles. The smallest absolute Gasteiger partial charge is 0.339 e. The normalized spacial score (nSPS) is 10.2. The number of hydrogen-bond acceptors (Lipinski definition) is 4. The Morgan fingerprint density at radius 1 is 1.30 bits per heavy atom. The molecule has 0 aliphatic carbocycles. The summed E-state index contributed by atoms with van der Waals surface area (Å²) in [6, 6.07) is 7.85. The minimum atomic E-state index is -1.02. The van der Waals surface area contributed by atoms with Gasteiger partial charge >= 0.3 is 5.97 Å². The topological polar surface area (TPSA) is 81.4 Å². The third-order valence-electron chi connectivity index (χ3n) is 2.71. The van der Waals surface area contributed by atoms with Crippen molar-refractivity contribution in [1.82, 2.24) is 9.55 Å². The van der Waals surface area contributed by atoms with Crippen molar-refractivity contribution in [3.8, 4) is 5.75 Å². The van der Waals surface area contributed by atoms with Crippen LogP contribution in [0.25, 0.3) is 0 Å². The maximum atomic E-state index is 11.4. The van der Waals surface area contributed by atoms with Crippen molar-refractivity contribution in [3.63, 3.8) is 0 Å². The van der Waals surface area contributed by atoms with E-state index in [-0.39, 0.29) is 11.1 Å². The molecule has 6 nitrogen and oxygen atoms in total. The summed E-state index contributed by atoms with van der Waals surface area (Å²) < 4.78 is 6.92. The molecule has 0 atom stereocenters. The molecule has 0 bridgehead atoms. The minimum absolute atomic E-state index is 0.120. The standard InChI is InChI=1S/C14H14N2O4/c17-13-6-7-15-10-16(13)8-3-9-20-12-5-2-1-4-11(12)14(18)19/h1-2,4-7,10H,3,8-9H2,(H,18,19). The molecule has 0 saturated heterocycles. The Labute approximate surface area is 115 Å². The van der Waals surface area contributed by atoms with E-state index in [1.165, 1.54) is 29.2 Å². The summed E-state index contributed by atoms with van der Waals surface area (Å²) in [7, 11) is 0. The second kappa shape index (κ2) is 6.51. The van der Waals surface area contributed by atoms with Gasteiger partial charge in [0.2, 0.25) is 0 Å². The predicted octanol–water partition coefficient (Wildman–Crippen LogP) is 1.41. The molecule has 0 saturated carbocycles. The van der Waals surface area contributed by atoms with Gasteiger partial charge < -0.3 is 9.84 Å². The number of ether oxygens (including phenoxy) is 1. The van der Waals surface area contributed by atoms with E-state index in [0.29, 0.717) is 25.3 Å². The number of rotatable bonds is 6. The van der Waals surface area contributed by atoms with E-state index in [9.17, 15) is 9.59 Å². The van der Waals surface area contributed by atoms with Gasteiger partial charge in [-0.1, -0.05) is 12.1 Å². The van der Waals surface area contributed by atoms with Gasteiger partial charge in [-0.25, -0.2) is 9.78 Å². The Kier molecular flexibility index (Phi) is 4.49. The van der Waals surface area contributed by atoms with Crippen LogP contribution in [-0.4, -0.2) is 27.2 Å². The molecular formula is C14H14N2O4. The number of nitrogens with zero attached hydrogens (tertiary/aromatic N) is 2. The lowest BCUT2D eigenvalue weighted by atomic mass is 10.2. The van der Waals surface area contributed by atoms with Gasteiger partial charge in [0.1, 0.15) is 11.3 Å². The van der Waals surface area contributed by atoms with Gasteiger partial charge in [0.05, 0.1) is 12.9 Å². The van der Waals surface area contributed by atoms with Crippen LogP contribution in [0.5, 0.6) is 5.75 Å². The Balaban J connectivity index is 1.90. The number of para-hydroxylation sites is 1. The SMILES string of the molecule is O=C(O)c1ccccc1OCCCn1cnccc1=O. The molecule has 0 fully saturated rings. The van der Waals surface area contributed by atoms with E-state index < -0.39 is 5.97 Å². The summed E-state index contributed by atoms with van der Waals surface area (Å²) in [5.41, 5.74) is 0.0111. The molecule has 0 aliphatic rings. The average molecular weight is 274 g/mol. The summed E-state index contributed by atoms with van der Waals surface area (Å²) >= 11 is 0. The van der Waals surface area contributed by atoms with E-state index in [1.807, 2.05) is 0 Å². The van der Waals surface area contributed by atoms with Crippen LogP contribution in [0.1, 0.15) is 16.8 Å². The number of carbonyl (C=O) groups is 1. The maximum Gasteiger partial charge on any atom is 0.339 e. The zero-order valence-electron chi connectivity index (χ0n) is 10.7. The highest BCUT2D eigenvalue weighted by atomic mass is 16.5. The number of benzene rings is 1. The lowest BCUT2D eigenvalue weighted by Crippen LogP contribution is -2.20. The summed E-state index contributed by atoms with van der Waals surface area (Å²) in [4.78, 5) is 26.3. The van der Waals surface area contributed by atoms with E-state index in [4.69, 9.17) is 9.84 Å². The van der Waals surface area contributed by atoms with Gasteiger partial charge in [-0.05, 0) is 18.6 Å². The van der Waals surface area contributed by atoms with E-state index in [2.05, 4.69) is 4.98 Å². The largest absolute Gasteiger partial charge is 0.493 e. The summed E-state index contributed by atoms with van der Waals surface area (Å²) in [5, 5.41) is 9.00. The van der Waals surface area contributed by atoms with E-state index in [1.54, 1.807) is 18.2 Å². The number of carboxylic acids is 1. The molecule has 0 amide bonds. The number of aryl methyl sites for hydroxylation is 1. The fraction of sp³-hybridized carbons (Fsp3) is 0.214. The highest BCUT2D eigenvalue weighted by Gasteiger charge is 2.09. The van der Waals surface area contributed by atoms with Crippen LogP contribution >= 0.6 is 0 Å². The van der Waals surface area contributed by atoms with Crippen LogP contribution in [0.15, 0.2) is 47.7 Å². The average Bonchev–Trinajstić information content (AvgIpc) is 2.45. The highest BCUT2D eigenvalue weighted by molar-refractivity contribution is 5.90. The molecule has 0 spiro atoms. The minimum Gasteiger partial charge on any atom is -0.493 e. The van der Waals surface area contributed by atoms with E-state index >= 15 is 0 Å².